The third-order valence-corrected chi connectivity index (χ3v) is 6.46. The topological polar surface area (TPSA) is 84.8 Å². The molecule has 0 saturated heterocycles. The standard InChI is InChI=1S/C21H15Cl2IN2O4S/c1-13-5-7-17(8-6-13)31(28,29)30-20-18(22)9-14(10-19(20)23)12-25-26-21(27)15-3-2-4-16(24)11-15/h2-12H,1H3,(H,26,27)/b25-12-. The van der Waals surface area contributed by atoms with E-state index in [0.717, 1.165) is 9.13 Å². The van der Waals surface area contributed by atoms with Crippen LogP contribution in [0.2, 0.25) is 10.0 Å². The number of halogens is 3. The maximum Gasteiger partial charge on any atom is 0.339 e. The van der Waals surface area contributed by atoms with Crippen molar-refractivity contribution in [1.82, 2.24) is 5.43 Å². The summed E-state index contributed by atoms with van der Waals surface area (Å²) in [4.78, 5) is 12.1. The van der Waals surface area contributed by atoms with Crippen molar-refractivity contribution in [3.63, 3.8) is 0 Å². The first-order chi connectivity index (χ1) is 14.7. The Kier molecular flexibility index (Phi) is 7.58. The molecule has 0 aliphatic carbocycles. The fraction of sp³-hybridized carbons (Fsp3) is 0.0476. The van der Waals surface area contributed by atoms with E-state index in [-0.39, 0.29) is 26.6 Å². The second kappa shape index (κ2) is 9.99. The van der Waals surface area contributed by atoms with Gasteiger partial charge in [0.05, 0.1) is 16.3 Å². The molecule has 0 spiro atoms. The van der Waals surface area contributed by atoms with Gasteiger partial charge in [0.2, 0.25) is 0 Å². The molecule has 160 valence electrons. The fourth-order valence-corrected chi connectivity index (χ4v) is 4.64. The minimum atomic E-state index is -4.11. The minimum Gasteiger partial charge on any atom is -0.376 e. The van der Waals surface area contributed by atoms with E-state index in [1.807, 2.05) is 13.0 Å². The van der Waals surface area contributed by atoms with Crippen LogP contribution >= 0.6 is 45.8 Å². The Bertz CT molecular complexity index is 1240. The first kappa shape index (κ1) is 23.5. The van der Waals surface area contributed by atoms with Gasteiger partial charge in [-0.1, -0.05) is 47.0 Å². The Hall–Kier alpha value is -2.14. The van der Waals surface area contributed by atoms with Gasteiger partial charge >= 0.3 is 10.1 Å². The van der Waals surface area contributed by atoms with Crippen LogP contribution in [-0.4, -0.2) is 20.5 Å². The summed E-state index contributed by atoms with van der Waals surface area (Å²) in [6, 6.07) is 16.1. The molecule has 6 nitrogen and oxygen atoms in total. The third kappa shape index (κ3) is 6.19. The van der Waals surface area contributed by atoms with Crippen molar-refractivity contribution >= 4 is 68.0 Å². The van der Waals surface area contributed by atoms with Crippen molar-refractivity contribution < 1.29 is 17.4 Å². The lowest BCUT2D eigenvalue weighted by molar-refractivity contribution is 0.0955. The first-order valence-corrected chi connectivity index (χ1v) is 12.0. The molecule has 0 fully saturated rings. The molecule has 3 rings (SSSR count). The number of aryl methyl sites for hydroxylation is 1. The first-order valence-electron chi connectivity index (χ1n) is 8.75. The lowest BCUT2D eigenvalue weighted by Crippen LogP contribution is -2.17. The van der Waals surface area contributed by atoms with Gasteiger partial charge in [0.15, 0.2) is 5.75 Å². The van der Waals surface area contributed by atoms with Crippen LogP contribution in [0.4, 0.5) is 0 Å². The van der Waals surface area contributed by atoms with E-state index < -0.39 is 10.1 Å². The maximum atomic E-state index is 12.5. The van der Waals surface area contributed by atoms with E-state index in [2.05, 4.69) is 33.1 Å². The lowest BCUT2D eigenvalue weighted by atomic mass is 10.2. The van der Waals surface area contributed by atoms with E-state index in [9.17, 15) is 13.2 Å². The van der Waals surface area contributed by atoms with E-state index in [1.54, 1.807) is 30.3 Å². The third-order valence-electron chi connectivity index (χ3n) is 3.99. The average Bonchev–Trinajstić information content (AvgIpc) is 2.71. The zero-order valence-electron chi connectivity index (χ0n) is 16.0. The molecule has 1 N–H and O–H groups in total. The highest BCUT2D eigenvalue weighted by Gasteiger charge is 2.21. The summed E-state index contributed by atoms with van der Waals surface area (Å²) in [6.45, 7) is 1.84. The zero-order chi connectivity index (χ0) is 22.6. The number of rotatable bonds is 6. The van der Waals surface area contributed by atoms with E-state index in [1.165, 1.54) is 30.5 Å². The molecule has 0 aromatic heterocycles. The molecule has 31 heavy (non-hydrogen) atoms. The van der Waals surface area contributed by atoms with Gasteiger partial charge in [0.1, 0.15) is 4.90 Å². The second-order valence-electron chi connectivity index (χ2n) is 6.37. The van der Waals surface area contributed by atoms with Crippen LogP contribution in [0.15, 0.2) is 70.7 Å². The number of nitrogens with zero attached hydrogens (tertiary/aromatic N) is 1. The number of hydrazone groups is 1. The molecule has 3 aromatic rings. The summed E-state index contributed by atoms with van der Waals surface area (Å²) in [5, 5.41) is 3.85. The highest BCUT2D eigenvalue weighted by molar-refractivity contribution is 14.1. The van der Waals surface area contributed by atoms with Gasteiger partial charge in [0, 0.05) is 9.13 Å². The van der Waals surface area contributed by atoms with Gasteiger partial charge in [-0.3, -0.25) is 4.79 Å². The van der Waals surface area contributed by atoms with Crippen LogP contribution in [0, 0.1) is 10.5 Å². The van der Waals surface area contributed by atoms with Crippen molar-refractivity contribution in [3.05, 3.63) is 91.0 Å². The summed E-state index contributed by atoms with van der Waals surface area (Å²) in [5.41, 5.74) is 4.22. The molecule has 0 aliphatic rings. The van der Waals surface area contributed by atoms with Crippen molar-refractivity contribution in [3.8, 4) is 5.75 Å². The summed E-state index contributed by atoms with van der Waals surface area (Å²) in [5.74, 6) is -0.569. The molecule has 0 atom stereocenters. The predicted molar refractivity (Wildman–Crippen MR) is 130 cm³/mol. The molecule has 3 aromatic carbocycles. The van der Waals surface area contributed by atoms with Crippen molar-refractivity contribution in [2.24, 2.45) is 5.10 Å². The van der Waals surface area contributed by atoms with E-state index >= 15 is 0 Å². The van der Waals surface area contributed by atoms with Crippen LogP contribution in [-0.2, 0) is 10.1 Å². The molecular weight excluding hydrogens is 574 g/mol. The molecule has 0 bridgehead atoms. The zero-order valence-corrected chi connectivity index (χ0v) is 20.5. The lowest BCUT2D eigenvalue weighted by Gasteiger charge is -2.11. The Morgan fingerprint density at radius 3 is 2.32 bits per heavy atom. The van der Waals surface area contributed by atoms with Crippen molar-refractivity contribution in [2.75, 3.05) is 0 Å². The summed E-state index contributed by atoms with van der Waals surface area (Å²) in [6.07, 6.45) is 1.34. The molecule has 0 saturated carbocycles. The molecule has 0 heterocycles. The number of carbonyl (C=O) groups is 1. The average molecular weight is 589 g/mol. The highest BCUT2D eigenvalue weighted by Crippen LogP contribution is 2.36. The molecule has 10 heteroatoms. The molecular formula is C21H15Cl2IN2O4S. The van der Waals surface area contributed by atoms with Crippen molar-refractivity contribution in [2.45, 2.75) is 11.8 Å². The largest absolute Gasteiger partial charge is 0.376 e. The number of carbonyl (C=O) groups excluding carboxylic acids is 1. The van der Waals surface area contributed by atoms with Gasteiger partial charge in [-0.15, -0.1) is 0 Å². The van der Waals surface area contributed by atoms with E-state index in [4.69, 9.17) is 27.4 Å². The van der Waals surface area contributed by atoms with Gasteiger partial charge in [-0.25, -0.2) is 5.43 Å². The minimum absolute atomic E-state index is 0.0193. The molecule has 1 amide bonds. The number of hydrogen-bond acceptors (Lipinski definition) is 5. The van der Waals surface area contributed by atoms with Crippen molar-refractivity contribution in [1.29, 1.82) is 0 Å². The highest BCUT2D eigenvalue weighted by atomic mass is 127. The smallest absolute Gasteiger partial charge is 0.339 e. The van der Waals surface area contributed by atoms with Gasteiger partial charge < -0.3 is 4.18 Å². The Balaban J connectivity index is 1.75. The van der Waals surface area contributed by atoms with Crippen LogP contribution in [0.25, 0.3) is 0 Å². The van der Waals surface area contributed by atoms with E-state index in [0.29, 0.717) is 11.1 Å². The molecule has 0 unspecified atom stereocenters. The Labute approximate surface area is 203 Å². The van der Waals surface area contributed by atoms with Crippen LogP contribution in [0.1, 0.15) is 21.5 Å². The summed E-state index contributed by atoms with van der Waals surface area (Å²) >= 11 is 14.5. The molecule has 0 aliphatic heterocycles. The van der Waals surface area contributed by atoms with Gasteiger partial charge in [-0.2, -0.15) is 13.5 Å². The normalized spacial score (nSPS) is 11.5. The van der Waals surface area contributed by atoms with Crippen LogP contribution < -0.4 is 9.61 Å². The monoisotopic (exact) mass is 588 g/mol. The quantitative estimate of drug-likeness (QED) is 0.180. The maximum absolute atomic E-state index is 12.5. The van der Waals surface area contributed by atoms with Gasteiger partial charge in [-0.05, 0) is 77.5 Å². The Morgan fingerprint density at radius 2 is 1.71 bits per heavy atom. The number of benzene rings is 3. The SMILES string of the molecule is Cc1ccc(S(=O)(=O)Oc2c(Cl)cc(/C=N\NC(=O)c3cccc(I)c3)cc2Cl)cc1. The summed E-state index contributed by atoms with van der Waals surface area (Å²) < 4.78 is 31.1. The number of amides is 1. The number of hydrogen-bond donors (Lipinski definition) is 1. The molecule has 0 radical (unpaired) electrons. The second-order valence-corrected chi connectivity index (χ2v) is 9.98. The van der Waals surface area contributed by atoms with Crippen LogP contribution in [0.3, 0.4) is 0 Å². The predicted octanol–water partition coefficient (Wildman–Crippen LogP) is 5.44. The van der Waals surface area contributed by atoms with Crippen LogP contribution in [0.5, 0.6) is 5.75 Å². The number of nitrogens with one attached hydrogen (secondary N) is 1. The Morgan fingerprint density at radius 1 is 1.06 bits per heavy atom. The summed E-state index contributed by atoms with van der Waals surface area (Å²) in [7, 11) is -4.11. The van der Waals surface area contributed by atoms with Gasteiger partial charge in [0.25, 0.3) is 5.91 Å². The fourth-order valence-electron chi connectivity index (χ4n) is 2.46.